The number of alkyl halides is 2. The molecule has 2 rings (SSSR count). The molecule has 0 saturated heterocycles. The van der Waals surface area contributed by atoms with Gasteiger partial charge in [0.15, 0.2) is 17.2 Å². The summed E-state index contributed by atoms with van der Waals surface area (Å²) in [6.45, 7) is -2.90. The third-order valence-electron chi connectivity index (χ3n) is 2.55. The zero-order chi connectivity index (χ0) is 16.1. The minimum absolute atomic E-state index is 0.00587. The van der Waals surface area contributed by atoms with Gasteiger partial charge in [0.05, 0.1) is 13.3 Å². The molecule has 0 saturated carbocycles. The summed E-state index contributed by atoms with van der Waals surface area (Å²) < 4.78 is 38.8. The van der Waals surface area contributed by atoms with Gasteiger partial charge in [-0.25, -0.2) is 9.78 Å². The molecule has 0 atom stereocenters. The smallest absolute Gasteiger partial charge is 0.387 e. The molecule has 0 aliphatic rings. The second-order valence-corrected chi connectivity index (χ2v) is 3.98. The van der Waals surface area contributed by atoms with Gasteiger partial charge in [-0.1, -0.05) is 0 Å². The molecular weight excluding hydrogens is 300 g/mol. The van der Waals surface area contributed by atoms with Crippen molar-refractivity contribution in [3.05, 3.63) is 42.2 Å². The van der Waals surface area contributed by atoms with E-state index in [1.165, 1.54) is 43.6 Å². The van der Waals surface area contributed by atoms with Crippen molar-refractivity contribution in [1.29, 1.82) is 0 Å². The van der Waals surface area contributed by atoms with Crippen molar-refractivity contribution < 1.29 is 32.9 Å². The number of aromatic nitrogens is 1. The Morgan fingerprint density at radius 3 is 2.36 bits per heavy atom. The lowest BCUT2D eigenvalue weighted by atomic mass is 10.3. The van der Waals surface area contributed by atoms with Crippen LogP contribution < -0.4 is 14.2 Å². The highest BCUT2D eigenvalue weighted by atomic mass is 19.3. The second kappa shape index (κ2) is 6.70. The van der Waals surface area contributed by atoms with E-state index in [0.29, 0.717) is 5.75 Å². The highest BCUT2D eigenvalue weighted by Crippen LogP contribution is 2.32. The van der Waals surface area contributed by atoms with E-state index >= 15 is 0 Å². The van der Waals surface area contributed by atoms with Crippen molar-refractivity contribution in [3.63, 3.8) is 0 Å². The minimum atomic E-state index is -2.90. The highest BCUT2D eigenvalue weighted by molar-refractivity contribution is 5.86. The SMILES string of the molecule is COc1cc(C(=O)O)ncc1Oc1ccc(OC(F)F)cc1. The average molecular weight is 311 g/mol. The molecule has 116 valence electrons. The van der Waals surface area contributed by atoms with Gasteiger partial charge in [-0.05, 0) is 24.3 Å². The molecule has 1 aromatic heterocycles. The molecule has 2 aromatic rings. The van der Waals surface area contributed by atoms with Gasteiger partial charge in [-0.15, -0.1) is 0 Å². The Hall–Kier alpha value is -2.90. The summed E-state index contributed by atoms with van der Waals surface area (Å²) in [5.74, 6) is -0.507. The molecule has 1 heterocycles. The first kappa shape index (κ1) is 15.5. The van der Waals surface area contributed by atoms with Crippen LogP contribution in [0.15, 0.2) is 36.5 Å². The van der Waals surface area contributed by atoms with Crippen LogP contribution in [0, 0.1) is 0 Å². The fraction of sp³-hybridized carbons (Fsp3) is 0.143. The number of ether oxygens (including phenoxy) is 3. The number of hydrogen-bond donors (Lipinski definition) is 1. The summed E-state index contributed by atoms with van der Waals surface area (Å²) in [5.41, 5.74) is -0.190. The van der Waals surface area contributed by atoms with Crippen LogP contribution in [0.25, 0.3) is 0 Å². The molecule has 0 aliphatic carbocycles. The van der Waals surface area contributed by atoms with Gasteiger partial charge >= 0.3 is 12.6 Å². The number of halogens is 2. The first-order valence-corrected chi connectivity index (χ1v) is 5.99. The molecule has 0 amide bonds. The molecule has 0 aliphatic heterocycles. The zero-order valence-corrected chi connectivity index (χ0v) is 11.3. The first-order valence-electron chi connectivity index (χ1n) is 5.99. The third-order valence-corrected chi connectivity index (χ3v) is 2.55. The predicted molar refractivity (Wildman–Crippen MR) is 70.9 cm³/mol. The summed E-state index contributed by atoms with van der Waals surface area (Å²) in [5, 5.41) is 8.85. The van der Waals surface area contributed by atoms with Gasteiger partial charge in [0.2, 0.25) is 0 Å². The number of benzene rings is 1. The van der Waals surface area contributed by atoms with E-state index in [4.69, 9.17) is 14.6 Å². The second-order valence-electron chi connectivity index (χ2n) is 3.98. The van der Waals surface area contributed by atoms with Crippen molar-refractivity contribution in [3.8, 4) is 23.0 Å². The average Bonchev–Trinajstić information content (AvgIpc) is 2.49. The monoisotopic (exact) mass is 311 g/mol. The van der Waals surface area contributed by atoms with Crippen molar-refractivity contribution in [2.45, 2.75) is 6.61 Å². The topological polar surface area (TPSA) is 77.9 Å². The molecule has 0 unspecified atom stereocenters. The Balaban J connectivity index is 2.18. The lowest BCUT2D eigenvalue weighted by Crippen LogP contribution is -2.02. The van der Waals surface area contributed by atoms with Crippen molar-refractivity contribution in [1.82, 2.24) is 4.98 Å². The Kier molecular flexibility index (Phi) is 4.72. The third kappa shape index (κ3) is 3.81. The van der Waals surface area contributed by atoms with E-state index in [2.05, 4.69) is 9.72 Å². The van der Waals surface area contributed by atoms with Crippen LogP contribution in [0.1, 0.15) is 10.5 Å². The van der Waals surface area contributed by atoms with E-state index in [1.807, 2.05) is 0 Å². The number of aromatic carboxylic acids is 1. The number of pyridine rings is 1. The van der Waals surface area contributed by atoms with E-state index in [9.17, 15) is 13.6 Å². The van der Waals surface area contributed by atoms with Crippen LogP contribution in [0.5, 0.6) is 23.0 Å². The largest absolute Gasteiger partial charge is 0.493 e. The van der Waals surface area contributed by atoms with E-state index in [1.54, 1.807) is 0 Å². The summed E-state index contributed by atoms with van der Waals surface area (Å²) in [6, 6.07) is 6.68. The Bertz CT molecular complexity index is 661. The number of rotatable bonds is 6. The van der Waals surface area contributed by atoms with Crippen LogP contribution >= 0.6 is 0 Å². The van der Waals surface area contributed by atoms with Crippen molar-refractivity contribution in [2.75, 3.05) is 7.11 Å². The van der Waals surface area contributed by atoms with E-state index in [0.717, 1.165) is 0 Å². The van der Waals surface area contributed by atoms with Crippen LogP contribution in [-0.4, -0.2) is 29.8 Å². The zero-order valence-electron chi connectivity index (χ0n) is 11.3. The minimum Gasteiger partial charge on any atom is -0.493 e. The normalized spacial score (nSPS) is 10.4. The fourth-order valence-electron chi connectivity index (χ4n) is 1.59. The van der Waals surface area contributed by atoms with Crippen molar-refractivity contribution in [2.24, 2.45) is 0 Å². The number of carbonyl (C=O) groups is 1. The molecule has 0 fully saturated rings. The Morgan fingerprint density at radius 1 is 1.18 bits per heavy atom. The molecule has 1 aromatic carbocycles. The summed E-state index contributed by atoms with van der Waals surface area (Å²) in [6.07, 6.45) is 1.20. The molecule has 1 N–H and O–H groups in total. The van der Waals surface area contributed by atoms with E-state index < -0.39 is 12.6 Å². The molecular formula is C14H11F2NO5. The van der Waals surface area contributed by atoms with Crippen LogP contribution in [-0.2, 0) is 0 Å². The van der Waals surface area contributed by atoms with Crippen LogP contribution in [0.4, 0.5) is 8.78 Å². The van der Waals surface area contributed by atoms with Crippen LogP contribution in [0.2, 0.25) is 0 Å². The van der Waals surface area contributed by atoms with Crippen molar-refractivity contribution >= 4 is 5.97 Å². The first-order chi connectivity index (χ1) is 10.5. The van der Waals surface area contributed by atoms with Gasteiger partial charge in [-0.3, -0.25) is 0 Å². The molecule has 0 spiro atoms. The maximum absolute atomic E-state index is 12.0. The number of hydrogen-bond acceptors (Lipinski definition) is 5. The lowest BCUT2D eigenvalue weighted by molar-refractivity contribution is -0.0498. The summed E-state index contributed by atoms with van der Waals surface area (Å²) >= 11 is 0. The molecule has 0 bridgehead atoms. The predicted octanol–water partition coefficient (Wildman–Crippen LogP) is 3.18. The molecule has 8 heteroatoms. The standard InChI is InChI=1S/C14H11F2NO5/c1-20-11-6-10(13(18)19)17-7-12(11)21-8-2-4-9(5-3-8)22-14(15)16/h2-7,14H,1H3,(H,18,19). The maximum Gasteiger partial charge on any atom is 0.387 e. The molecule has 22 heavy (non-hydrogen) atoms. The van der Waals surface area contributed by atoms with Gasteiger partial charge in [-0.2, -0.15) is 8.78 Å². The van der Waals surface area contributed by atoms with Gasteiger partial charge in [0, 0.05) is 6.07 Å². The van der Waals surface area contributed by atoms with E-state index in [-0.39, 0.29) is 22.9 Å². The number of carboxylic acid groups (broad SMARTS) is 1. The number of carboxylic acids is 1. The maximum atomic E-state index is 12.0. The lowest BCUT2D eigenvalue weighted by Gasteiger charge is -2.11. The number of nitrogens with zero attached hydrogens (tertiary/aromatic N) is 1. The Labute approximate surface area is 123 Å². The summed E-state index contributed by atoms with van der Waals surface area (Å²) in [4.78, 5) is 14.5. The Morgan fingerprint density at radius 2 is 1.82 bits per heavy atom. The number of methoxy groups -OCH3 is 1. The van der Waals surface area contributed by atoms with Crippen LogP contribution in [0.3, 0.4) is 0 Å². The van der Waals surface area contributed by atoms with Gasteiger partial charge in [0.1, 0.15) is 11.5 Å². The molecule has 6 nitrogen and oxygen atoms in total. The quantitative estimate of drug-likeness (QED) is 0.883. The fourth-order valence-corrected chi connectivity index (χ4v) is 1.59. The van der Waals surface area contributed by atoms with Gasteiger partial charge < -0.3 is 19.3 Å². The molecule has 0 radical (unpaired) electrons. The summed E-state index contributed by atoms with van der Waals surface area (Å²) in [7, 11) is 1.35. The van der Waals surface area contributed by atoms with Gasteiger partial charge in [0.25, 0.3) is 0 Å². The highest BCUT2D eigenvalue weighted by Gasteiger charge is 2.12.